The first-order chi connectivity index (χ1) is 8.79. The van der Waals surface area contributed by atoms with Gasteiger partial charge in [-0.25, -0.2) is 0 Å². The van der Waals surface area contributed by atoms with Gasteiger partial charge in [0, 0.05) is 11.3 Å². The van der Waals surface area contributed by atoms with Gasteiger partial charge in [0.25, 0.3) is 0 Å². The summed E-state index contributed by atoms with van der Waals surface area (Å²) in [5.74, 6) is 0.0241. The number of aliphatic hydroxyl groups excluding tert-OH is 1. The van der Waals surface area contributed by atoms with Crippen LogP contribution in [-0.2, 0) is 6.18 Å². The van der Waals surface area contributed by atoms with Gasteiger partial charge in [0.05, 0.1) is 5.56 Å². The second-order valence-corrected chi connectivity index (χ2v) is 4.26. The van der Waals surface area contributed by atoms with E-state index in [1.165, 1.54) is 12.1 Å². The van der Waals surface area contributed by atoms with Crippen molar-refractivity contribution >= 4 is 17.3 Å². The van der Waals surface area contributed by atoms with Crippen LogP contribution >= 0.6 is 11.6 Å². The van der Waals surface area contributed by atoms with Crippen LogP contribution in [0.5, 0.6) is 0 Å². The Morgan fingerprint density at radius 1 is 1.21 bits per heavy atom. The Morgan fingerprint density at radius 2 is 1.89 bits per heavy atom. The van der Waals surface area contributed by atoms with Gasteiger partial charge in [-0.15, -0.1) is 0 Å². The molecule has 0 spiro atoms. The lowest BCUT2D eigenvalue weighted by atomic mass is 10.0. The number of hydrogen-bond acceptors (Lipinski definition) is 3. The fourth-order valence-electron chi connectivity index (χ4n) is 1.62. The maximum absolute atomic E-state index is 12.6. The summed E-state index contributed by atoms with van der Waals surface area (Å²) in [5.41, 5.74) is 4.63. The lowest BCUT2D eigenvalue weighted by Crippen LogP contribution is -2.09. The standard InChI is InChI=1S/C12H9ClF3NO2/c13-10-4-3-9(19-10)11(18)7-5-6(12(14,15)16)1-2-8(7)17/h1-5,11,18H,17H2. The van der Waals surface area contributed by atoms with Crippen molar-refractivity contribution in [1.82, 2.24) is 0 Å². The fraction of sp³-hybridized carbons (Fsp3) is 0.167. The largest absolute Gasteiger partial charge is 0.447 e. The molecule has 3 nitrogen and oxygen atoms in total. The summed E-state index contributed by atoms with van der Waals surface area (Å²) in [6.07, 6.45) is -5.92. The molecule has 0 amide bonds. The molecule has 1 unspecified atom stereocenters. The quantitative estimate of drug-likeness (QED) is 0.831. The van der Waals surface area contributed by atoms with E-state index in [2.05, 4.69) is 0 Å². The number of furan rings is 1. The number of alkyl halides is 3. The fourth-order valence-corrected chi connectivity index (χ4v) is 1.77. The lowest BCUT2D eigenvalue weighted by Gasteiger charge is -2.14. The van der Waals surface area contributed by atoms with Crippen LogP contribution in [0.4, 0.5) is 18.9 Å². The van der Waals surface area contributed by atoms with Gasteiger partial charge in [0.15, 0.2) is 5.22 Å². The number of aliphatic hydroxyl groups is 1. The summed E-state index contributed by atoms with van der Waals surface area (Å²) in [4.78, 5) is 0. The van der Waals surface area contributed by atoms with Gasteiger partial charge in [-0.2, -0.15) is 13.2 Å². The molecule has 1 atom stereocenters. The van der Waals surface area contributed by atoms with Crippen molar-refractivity contribution in [2.45, 2.75) is 12.3 Å². The lowest BCUT2D eigenvalue weighted by molar-refractivity contribution is -0.137. The molecule has 0 fully saturated rings. The Morgan fingerprint density at radius 3 is 2.42 bits per heavy atom. The first-order valence-electron chi connectivity index (χ1n) is 5.19. The van der Waals surface area contributed by atoms with Crippen molar-refractivity contribution in [1.29, 1.82) is 0 Å². The Kier molecular flexibility index (Phi) is 3.47. The minimum atomic E-state index is -4.51. The molecule has 0 saturated carbocycles. The van der Waals surface area contributed by atoms with E-state index in [4.69, 9.17) is 21.8 Å². The molecule has 2 aromatic rings. The normalized spacial score (nSPS) is 13.5. The minimum absolute atomic E-state index is 0.0241. The number of rotatable bonds is 2. The van der Waals surface area contributed by atoms with E-state index in [1.54, 1.807) is 0 Å². The topological polar surface area (TPSA) is 59.4 Å². The predicted octanol–water partition coefficient (Wildman–Crippen LogP) is 3.62. The Bertz CT molecular complexity index is 595. The first kappa shape index (κ1) is 13.8. The molecule has 0 aliphatic rings. The summed E-state index contributed by atoms with van der Waals surface area (Å²) < 4.78 is 42.8. The van der Waals surface area contributed by atoms with E-state index in [0.29, 0.717) is 0 Å². The number of benzene rings is 1. The van der Waals surface area contributed by atoms with Crippen LogP contribution in [-0.4, -0.2) is 5.11 Å². The molecule has 1 heterocycles. The van der Waals surface area contributed by atoms with Gasteiger partial charge in [0.1, 0.15) is 11.9 Å². The molecule has 0 aliphatic carbocycles. The third-order valence-corrected chi connectivity index (χ3v) is 2.78. The van der Waals surface area contributed by atoms with E-state index < -0.39 is 17.8 Å². The Hall–Kier alpha value is -1.66. The van der Waals surface area contributed by atoms with Crippen LogP contribution in [0.25, 0.3) is 0 Å². The smallest absolute Gasteiger partial charge is 0.416 e. The summed E-state index contributed by atoms with van der Waals surface area (Å²) in [6.45, 7) is 0. The number of anilines is 1. The molecular weight excluding hydrogens is 283 g/mol. The molecule has 19 heavy (non-hydrogen) atoms. The third-order valence-electron chi connectivity index (χ3n) is 2.57. The molecule has 0 aliphatic heterocycles. The highest BCUT2D eigenvalue weighted by Gasteiger charge is 2.32. The van der Waals surface area contributed by atoms with Crippen LogP contribution in [0.15, 0.2) is 34.7 Å². The van der Waals surface area contributed by atoms with E-state index in [9.17, 15) is 18.3 Å². The molecule has 0 radical (unpaired) electrons. The SMILES string of the molecule is Nc1ccc(C(F)(F)F)cc1C(O)c1ccc(Cl)o1. The molecule has 0 bridgehead atoms. The van der Waals surface area contributed by atoms with Crippen molar-refractivity contribution in [3.63, 3.8) is 0 Å². The molecule has 7 heteroatoms. The monoisotopic (exact) mass is 291 g/mol. The van der Waals surface area contributed by atoms with Crippen LogP contribution < -0.4 is 5.73 Å². The zero-order chi connectivity index (χ0) is 14.2. The van der Waals surface area contributed by atoms with Gasteiger partial charge in [-0.05, 0) is 41.9 Å². The summed E-state index contributed by atoms with van der Waals surface area (Å²) >= 11 is 5.55. The molecule has 2 rings (SSSR count). The van der Waals surface area contributed by atoms with Crippen molar-refractivity contribution in [2.24, 2.45) is 0 Å². The third kappa shape index (κ3) is 2.85. The number of nitrogens with two attached hydrogens (primary N) is 1. The van der Waals surface area contributed by atoms with Crippen molar-refractivity contribution in [2.75, 3.05) is 5.73 Å². The van der Waals surface area contributed by atoms with E-state index >= 15 is 0 Å². The second kappa shape index (κ2) is 4.79. The zero-order valence-electron chi connectivity index (χ0n) is 9.41. The maximum atomic E-state index is 12.6. The van der Waals surface area contributed by atoms with Gasteiger partial charge in [-0.3, -0.25) is 0 Å². The molecule has 3 N–H and O–H groups in total. The van der Waals surface area contributed by atoms with Crippen LogP contribution in [0.1, 0.15) is 23.0 Å². The van der Waals surface area contributed by atoms with Crippen molar-refractivity contribution < 1.29 is 22.7 Å². The van der Waals surface area contributed by atoms with Gasteiger partial charge < -0.3 is 15.3 Å². The number of halogens is 4. The zero-order valence-corrected chi connectivity index (χ0v) is 10.2. The molecule has 102 valence electrons. The van der Waals surface area contributed by atoms with E-state index in [0.717, 1.165) is 18.2 Å². The molecule has 1 aromatic heterocycles. The molecule has 1 aromatic carbocycles. The second-order valence-electron chi connectivity index (χ2n) is 3.89. The van der Waals surface area contributed by atoms with E-state index in [1.807, 2.05) is 0 Å². The highest BCUT2D eigenvalue weighted by molar-refractivity contribution is 6.28. The van der Waals surface area contributed by atoms with Gasteiger partial charge >= 0.3 is 6.18 Å². The Balaban J connectivity index is 2.44. The van der Waals surface area contributed by atoms with Crippen LogP contribution in [0.2, 0.25) is 5.22 Å². The minimum Gasteiger partial charge on any atom is -0.447 e. The molecule has 0 saturated heterocycles. The van der Waals surface area contributed by atoms with E-state index in [-0.39, 0.29) is 22.2 Å². The Labute approximate surface area is 111 Å². The maximum Gasteiger partial charge on any atom is 0.416 e. The molecular formula is C12H9ClF3NO2. The average molecular weight is 292 g/mol. The average Bonchev–Trinajstić information content (AvgIpc) is 2.74. The summed E-state index contributed by atoms with van der Waals surface area (Å²) in [7, 11) is 0. The van der Waals surface area contributed by atoms with Crippen molar-refractivity contribution in [3.05, 3.63) is 52.4 Å². The van der Waals surface area contributed by atoms with Crippen LogP contribution in [0.3, 0.4) is 0 Å². The number of hydrogen-bond donors (Lipinski definition) is 2. The van der Waals surface area contributed by atoms with Gasteiger partial charge in [0.2, 0.25) is 0 Å². The highest BCUT2D eigenvalue weighted by Crippen LogP contribution is 2.35. The first-order valence-corrected chi connectivity index (χ1v) is 5.57. The number of nitrogen functional groups attached to an aromatic ring is 1. The summed E-state index contributed by atoms with van der Waals surface area (Å²) in [6, 6.07) is 5.47. The van der Waals surface area contributed by atoms with Gasteiger partial charge in [-0.1, -0.05) is 0 Å². The predicted molar refractivity (Wildman–Crippen MR) is 63.6 cm³/mol. The van der Waals surface area contributed by atoms with Crippen molar-refractivity contribution in [3.8, 4) is 0 Å². The summed E-state index contributed by atoms with van der Waals surface area (Å²) in [5, 5.41) is 10.0. The highest BCUT2D eigenvalue weighted by atomic mass is 35.5. The van der Waals surface area contributed by atoms with Crippen LogP contribution in [0, 0.1) is 0 Å².